The van der Waals surface area contributed by atoms with Crippen molar-refractivity contribution in [2.24, 2.45) is 0 Å². The first-order valence-corrected chi connectivity index (χ1v) is 9.15. The Morgan fingerprint density at radius 2 is 2.00 bits per heavy atom. The Kier molecular flexibility index (Phi) is 5.54. The van der Waals surface area contributed by atoms with Gasteiger partial charge < -0.3 is 14.9 Å². The minimum atomic E-state index is -0.907. The zero-order valence-electron chi connectivity index (χ0n) is 15.3. The highest BCUT2D eigenvalue weighted by molar-refractivity contribution is 5.78. The molecule has 7 heteroatoms. The second kappa shape index (κ2) is 7.66. The third-order valence-electron chi connectivity index (χ3n) is 5.46. The van der Waals surface area contributed by atoms with Crippen molar-refractivity contribution in [3.63, 3.8) is 0 Å². The molecule has 1 aliphatic heterocycles. The molecule has 0 spiro atoms. The lowest BCUT2D eigenvalue weighted by atomic mass is 10.0. The molecule has 2 aliphatic rings. The highest BCUT2D eigenvalue weighted by Gasteiger charge is 2.39. The van der Waals surface area contributed by atoms with Gasteiger partial charge in [0.1, 0.15) is 5.60 Å². The number of aliphatic hydroxyl groups is 1. The van der Waals surface area contributed by atoms with Gasteiger partial charge in [0.2, 0.25) is 11.9 Å². The number of rotatable bonds is 6. The summed E-state index contributed by atoms with van der Waals surface area (Å²) in [5, 5.41) is 10.9. The van der Waals surface area contributed by atoms with Crippen molar-refractivity contribution in [1.29, 1.82) is 0 Å². The van der Waals surface area contributed by atoms with Gasteiger partial charge in [0.25, 0.3) is 0 Å². The Morgan fingerprint density at radius 3 is 2.68 bits per heavy atom. The number of aromatic nitrogens is 2. The predicted molar refractivity (Wildman–Crippen MR) is 96.3 cm³/mol. The number of carbonyl (C=O) groups excluding carboxylic acids is 1. The lowest BCUT2D eigenvalue weighted by molar-refractivity contribution is -0.134. The van der Waals surface area contributed by atoms with E-state index in [0.29, 0.717) is 44.6 Å². The first kappa shape index (κ1) is 18.1. The standard InChI is InChI=1S/C18H29N5O2/c1-21(15-6-3-4-7-15)12-16(24)22(2)13-18(25)8-11-23(14-18)17-19-9-5-10-20-17/h5,9-10,15,25H,3-4,6-8,11-14H2,1-2H3. The fraction of sp³-hybridized carbons (Fsp3) is 0.722. The SMILES string of the molecule is CN(CC1(O)CCN(c2ncccn2)C1)C(=O)CN(C)C1CCCC1. The molecule has 0 aromatic carbocycles. The van der Waals surface area contributed by atoms with Crippen LogP contribution >= 0.6 is 0 Å². The van der Waals surface area contributed by atoms with Crippen LogP contribution in [0.3, 0.4) is 0 Å². The highest BCUT2D eigenvalue weighted by Crippen LogP contribution is 2.25. The van der Waals surface area contributed by atoms with E-state index in [0.717, 1.165) is 0 Å². The molecule has 2 heterocycles. The zero-order chi connectivity index (χ0) is 17.9. The second-order valence-corrected chi connectivity index (χ2v) is 7.55. The maximum Gasteiger partial charge on any atom is 0.236 e. The van der Waals surface area contributed by atoms with Crippen LogP contribution < -0.4 is 4.90 Å². The molecule has 138 valence electrons. The van der Waals surface area contributed by atoms with Crippen LogP contribution in [0.15, 0.2) is 18.5 Å². The summed E-state index contributed by atoms with van der Waals surface area (Å²) in [6, 6.07) is 2.30. The van der Waals surface area contributed by atoms with Crippen molar-refractivity contribution in [3.8, 4) is 0 Å². The third-order valence-corrected chi connectivity index (χ3v) is 5.46. The second-order valence-electron chi connectivity index (χ2n) is 7.55. The summed E-state index contributed by atoms with van der Waals surface area (Å²) < 4.78 is 0. The Labute approximate surface area is 149 Å². The molecule has 1 N–H and O–H groups in total. The Hall–Kier alpha value is -1.73. The monoisotopic (exact) mass is 347 g/mol. The van der Waals surface area contributed by atoms with Gasteiger partial charge in [0.15, 0.2) is 0 Å². The number of carbonyl (C=O) groups is 1. The van der Waals surface area contributed by atoms with Crippen LogP contribution in [0.5, 0.6) is 0 Å². The molecular formula is C18H29N5O2. The lowest BCUT2D eigenvalue weighted by Crippen LogP contribution is -2.48. The molecule has 1 aliphatic carbocycles. The smallest absolute Gasteiger partial charge is 0.236 e. The number of hydrogen-bond acceptors (Lipinski definition) is 6. The Balaban J connectivity index is 1.51. The number of hydrogen-bond donors (Lipinski definition) is 1. The molecule has 1 aromatic rings. The highest BCUT2D eigenvalue weighted by atomic mass is 16.3. The van der Waals surface area contributed by atoms with Crippen molar-refractivity contribution in [1.82, 2.24) is 19.8 Å². The zero-order valence-corrected chi connectivity index (χ0v) is 15.3. The van der Waals surface area contributed by atoms with Crippen molar-refractivity contribution in [2.45, 2.75) is 43.7 Å². The quantitative estimate of drug-likeness (QED) is 0.819. The number of anilines is 1. The Bertz CT molecular complexity index is 578. The van der Waals surface area contributed by atoms with Crippen LogP contribution in [-0.4, -0.2) is 82.7 Å². The van der Waals surface area contributed by atoms with Crippen LogP contribution in [0.1, 0.15) is 32.1 Å². The molecule has 0 bridgehead atoms. The molecule has 2 fully saturated rings. The predicted octanol–water partition coefficient (Wildman–Crippen LogP) is 0.751. The summed E-state index contributed by atoms with van der Waals surface area (Å²) in [5.41, 5.74) is -0.907. The van der Waals surface area contributed by atoms with Gasteiger partial charge in [-0.3, -0.25) is 9.69 Å². The number of β-amino-alcohol motifs (C(OH)–C–C–N with tert-alkyl or cyclic N) is 1. The maximum absolute atomic E-state index is 12.5. The minimum absolute atomic E-state index is 0.0669. The van der Waals surface area contributed by atoms with Crippen LogP contribution in [0.25, 0.3) is 0 Å². The summed E-state index contributed by atoms with van der Waals surface area (Å²) in [6.45, 7) is 1.91. The third kappa shape index (κ3) is 4.46. The van der Waals surface area contributed by atoms with E-state index in [1.807, 2.05) is 11.9 Å². The summed E-state index contributed by atoms with van der Waals surface area (Å²) in [4.78, 5) is 26.8. The molecule has 0 radical (unpaired) electrons. The van der Waals surface area contributed by atoms with E-state index in [2.05, 4.69) is 14.9 Å². The van der Waals surface area contributed by atoms with Crippen molar-refractivity contribution < 1.29 is 9.90 Å². The maximum atomic E-state index is 12.5. The molecule has 1 unspecified atom stereocenters. The normalized spacial score (nSPS) is 24.2. The van der Waals surface area contributed by atoms with E-state index >= 15 is 0 Å². The van der Waals surface area contributed by atoms with E-state index in [9.17, 15) is 9.90 Å². The van der Waals surface area contributed by atoms with Crippen molar-refractivity contribution in [2.75, 3.05) is 45.2 Å². The first-order valence-electron chi connectivity index (χ1n) is 9.15. The average Bonchev–Trinajstić information content (AvgIpc) is 3.25. The molecule has 1 atom stereocenters. The fourth-order valence-corrected chi connectivity index (χ4v) is 3.95. The number of amides is 1. The molecule has 1 amide bonds. The van der Waals surface area contributed by atoms with Gasteiger partial charge in [-0.05, 0) is 32.4 Å². The van der Waals surface area contributed by atoms with Gasteiger partial charge in [0, 0.05) is 32.0 Å². The molecule has 7 nitrogen and oxygen atoms in total. The number of likely N-dealkylation sites (N-methyl/N-ethyl adjacent to an activating group) is 2. The minimum Gasteiger partial charge on any atom is -0.386 e. The molecule has 1 saturated carbocycles. The largest absolute Gasteiger partial charge is 0.386 e. The van der Waals surface area contributed by atoms with Gasteiger partial charge >= 0.3 is 0 Å². The summed E-state index contributed by atoms with van der Waals surface area (Å²) in [6.07, 6.45) is 8.91. The van der Waals surface area contributed by atoms with E-state index in [-0.39, 0.29) is 5.91 Å². The van der Waals surface area contributed by atoms with Crippen LogP contribution in [0.4, 0.5) is 5.95 Å². The number of nitrogens with zero attached hydrogens (tertiary/aromatic N) is 5. The Morgan fingerprint density at radius 1 is 1.32 bits per heavy atom. The van der Waals surface area contributed by atoms with E-state index in [1.165, 1.54) is 25.7 Å². The molecule has 3 rings (SSSR count). The summed E-state index contributed by atoms with van der Waals surface area (Å²) in [7, 11) is 3.81. The van der Waals surface area contributed by atoms with Gasteiger partial charge in [-0.25, -0.2) is 9.97 Å². The van der Waals surface area contributed by atoms with Gasteiger partial charge in [-0.15, -0.1) is 0 Å². The van der Waals surface area contributed by atoms with Crippen LogP contribution in [-0.2, 0) is 4.79 Å². The van der Waals surface area contributed by atoms with Gasteiger partial charge in [0.05, 0.1) is 19.6 Å². The van der Waals surface area contributed by atoms with E-state index < -0.39 is 5.60 Å². The lowest BCUT2D eigenvalue weighted by Gasteiger charge is -2.31. The van der Waals surface area contributed by atoms with Crippen LogP contribution in [0, 0.1) is 0 Å². The first-order chi connectivity index (χ1) is 12.0. The van der Waals surface area contributed by atoms with Crippen LogP contribution in [0.2, 0.25) is 0 Å². The van der Waals surface area contributed by atoms with Gasteiger partial charge in [-0.1, -0.05) is 12.8 Å². The summed E-state index contributed by atoms with van der Waals surface area (Å²) >= 11 is 0. The van der Waals surface area contributed by atoms with Crippen molar-refractivity contribution >= 4 is 11.9 Å². The molecule has 1 aromatic heterocycles. The summed E-state index contributed by atoms with van der Waals surface area (Å²) in [5.74, 6) is 0.700. The molecule has 1 saturated heterocycles. The van der Waals surface area contributed by atoms with Crippen molar-refractivity contribution in [3.05, 3.63) is 18.5 Å². The molecular weight excluding hydrogens is 318 g/mol. The topological polar surface area (TPSA) is 72.8 Å². The van der Waals surface area contributed by atoms with E-state index in [1.54, 1.807) is 30.4 Å². The molecule has 25 heavy (non-hydrogen) atoms. The van der Waals surface area contributed by atoms with Gasteiger partial charge in [-0.2, -0.15) is 0 Å². The average molecular weight is 347 g/mol. The van der Waals surface area contributed by atoms with E-state index in [4.69, 9.17) is 0 Å². The fourth-order valence-electron chi connectivity index (χ4n) is 3.95.